The second kappa shape index (κ2) is 11.7. The highest BCUT2D eigenvalue weighted by Gasteiger charge is 2.08. The number of rotatable bonds is 11. The number of unbranched alkanes of at least 4 members (excludes halogenated alkanes) is 1. The predicted octanol–water partition coefficient (Wildman–Crippen LogP) is 4.30. The van der Waals surface area contributed by atoms with E-state index in [1.807, 2.05) is 24.3 Å². The van der Waals surface area contributed by atoms with Gasteiger partial charge >= 0.3 is 0 Å². The van der Waals surface area contributed by atoms with Crippen LogP contribution in [0.1, 0.15) is 44.0 Å². The minimum absolute atomic E-state index is 0.124. The van der Waals surface area contributed by atoms with E-state index < -0.39 is 0 Å². The van der Waals surface area contributed by atoms with Crippen LogP contribution in [0, 0.1) is 5.92 Å². The normalized spacial score (nSPS) is 10.5. The van der Waals surface area contributed by atoms with Gasteiger partial charge in [0.15, 0.2) is 0 Å². The smallest absolute Gasteiger partial charge is 0.251 e. The molecular weight excluding hydrogens is 366 g/mol. The van der Waals surface area contributed by atoms with Gasteiger partial charge in [-0.2, -0.15) is 0 Å². The molecule has 0 saturated heterocycles. The van der Waals surface area contributed by atoms with E-state index in [9.17, 15) is 9.59 Å². The molecule has 0 radical (unpaired) electrons. The molecule has 0 aliphatic heterocycles. The molecule has 0 bridgehead atoms. The van der Waals surface area contributed by atoms with Gasteiger partial charge in [0, 0.05) is 23.5 Å². The molecule has 29 heavy (non-hydrogen) atoms. The van der Waals surface area contributed by atoms with E-state index in [4.69, 9.17) is 4.74 Å². The minimum Gasteiger partial charge on any atom is -0.493 e. The van der Waals surface area contributed by atoms with Crippen LogP contribution in [0.3, 0.4) is 0 Å². The Labute approximate surface area is 173 Å². The molecule has 2 aromatic rings. The minimum atomic E-state index is -0.186. The van der Waals surface area contributed by atoms with Gasteiger partial charge in [-0.3, -0.25) is 9.59 Å². The van der Waals surface area contributed by atoms with Crippen molar-refractivity contribution in [2.75, 3.05) is 30.3 Å². The van der Waals surface area contributed by atoms with E-state index in [2.05, 4.69) is 36.7 Å². The van der Waals surface area contributed by atoms with E-state index in [0.29, 0.717) is 30.3 Å². The zero-order chi connectivity index (χ0) is 21.1. The van der Waals surface area contributed by atoms with Gasteiger partial charge in [0.25, 0.3) is 5.91 Å². The Morgan fingerprint density at radius 3 is 2.48 bits per heavy atom. The van der Waals surface area contributed by atoms with Crippen LogP contribution in [0.15, 0.2) is 48.5 Å². The van der Waals surface area contributed by atoms with Crippen molar-refractivity contribution in [2.24, 2.45) is 5.92 Å². The number of hydrogen-bond donors (Lipinski definition) is 3. The summed E-state index contributed by atoms with van der Waals surface area (Å²) in [5.41, 5.74) is 1.96. The number of nitrogens with one attached hydrogen (secondary N) is 3. The zero-order valence-electron chi connectivity index (χ0n) is 17.5. The Balaban J connectivity index is 1.81. The first kappa shape index (κ1) is 22.3. The number of ether oxygens (including phenoxy) is 1. The van der Waals surface area contributed by atoms with Crippen molar-refractivity contribution >= 4 is 23.2 Å². The maximum Gasteiger partial charge on any atom is 0.251 e. The Bertz CT molecular complexity index is 788. The molecule has 0 aromatic heterocycles. The summed E-state index contributed by atoms with van der Waals surface area (Å²) in [4.78, 5) is 24.4. The summed E-state index contributed by atoms with van der Waals surface area (Å²) >= 11 is 0. The van der Waals surface area contributed by atoms with Gasteiger partial charge < -0.3 is 20.7 Å². The molecule has 0 aliphatic rings. The third-order valence-corrected chi connectivity index (χ3v) is 4.12. The maximum atomic E-state index is 12.2. The number of carbonyl (C=O) groups excluding carboxylic acids is 2. The Morgan fingerprint density at radius 1 is 1.03 bits per heavy atom. The molecule has 0 spiro atoms. The first-order valence-electron chi connectivity index (χ1n) is 10.1. The first-order chi connectivity index (χ1) is 14.0. The second-order valence-corrected chi connectivity index (χ2v) is 7.32. The molecule has 0 saturated carbocycles. The standard InChI is InChI=1S/C23H31N3O3/c1-4-5-13-24-23(28)18-7-6-8-20(14-18)26-22(27)15-25-19-9-11-21(12-10-19)29-16-17(2)3/h6-12,14,17,25H,4-5,13,15-16H2,1-3H3,(H,24,28)(H,26,27). The third kappa shape index (κ3) is 8.25. The predicted molar refractivity (Wildman–Crippen MR) is 118 cm³/mol. The Hall–Kier alpha value is -3.02. The summed E-state index contributed by atoms with van der Waals surface area (Å²) in [5.74, 6) is 0.960. The SMILES string of the molecule is CCCCNC(=O)c1cccc(NC(=O)CNc2ccc(OCC(C)C)cc2)c1. The van der Waals surface area contributed by atoms with Crippen molar-refractivity contribution in [2.45, 2.75) is 33.6 Å². The summed E-state index contributed by atoms with van der Waals surface area (Å²) in [7, 11) is 0. The van der Waals surface area contributed by atoms with Crippen LogP contribution in [0.2, 0.25) is 0 Å². The fourth-order valence-corrected chi connectivity index (χ4v) is 2.54. The van der Waals surface area contributed by atoms with Crippen LogP contribution in [0.4, 0.5) is 11.4 Å². The van der Waals surface area contributed by atoms with Gasteiger partial charge in [0.05, 0.1) is 13.2 Å². The van der Waals surface area contributed by atoms with Gasteiger partial charge in [0.1, 0.15) is 5.75 Å². The van der Waals surface area contributed by atoms with Crippen LogP contribution in [-0.2, 0) is 4.79 Å². The highest BCUT2D eigenvalue weighted by molar-refractivity contribution is 5.98. The van der Waals surface area contributed by atoms with Crippen LogP contribution in [-0.4, -0.2) is 31.5 Å². The molecule has 0 atom stereocenters. The number of anilines is 2. The van der Waals surface area contributed by atoms with Crippen molar-refractivity contribution in [3.63, 3.8) is 0 Å². The van der Waals surface area contributed by atoms with Gasteiger partial charge in [-0.1, -0.05) is 33.3 Å². The lowest BCUT2D eigenvalue weighted by Gasteiger charge is -2.11. The van der Waals surface area contributed by atoms with E-state index in [0.717, 1.165) is 24.3 Å². The Kier molecular flexibility index (Phi) is 9.02. The number of hydrogen-bond acceptors (Lipinski definition) is 4. The molecule has 2 amide bonds. The third-order valence-electron chi connectivity index (χ3n) is 4.12. The van der Waals surface area contributed by atoms with Crippen molar-refractivity contribution in [1.29, 1.82) is 0 Å². The van der Waals surface area contributed by atoms with Crippen molar-refractivity contribution in [1.82, 2.24) is 5.32 Å². The second-order valence-electron chi connectivity index (χ2n) is 7.32. The summed E-state index contributed by atoms with van der Waals surface area (Å²) in [6.07, 6.45) is 1.97. The molecular formula is C23H31N3O3. The molecule has 2 rings (SSSR count). The highest BCUT2D eigenvalue weighted by Crippen LogP contribution is 2.16. The number of amides is 2. The van der Waals surface area contributed by atoms with Crippen LogP contribution in [0.5, 0.6) is 5.75 Å². The largest absolute Gasteiger partial charge is 0.493 e. The summed E-state index contributed by atoms with van der Waals surface area (Å²) < 4.78 is 5.65. The topological polar surface area (TPSA) is 79.5 Å². The lowest BCUT2D eigenvalue weighted by atomic mass is 10.2. The van der Waals surface area contributed by atoms with Gasteiger partial charge in [0.2, 0.25) is 5.91 Å². The Morgan fingerprint density at radius 2 is 1.79 bits per heavy atom. The summed E-state index contributed by atoms with van der Waals surface area (Å²) in [6.45, 7) is 7.72. The molecule has 6 heteroatoms. The van der Waals surface area contributed by atoms with Crippen LogP contribution in [0.25, 0.3) is 0 Å². The first-order valence-corrected chi connectivity index (χ1v) is 10.1. The van der Waals surface area contributed by atoms with E-state index in [1.165, 1.54) is 0 Å². The molecule has 2 aromatic carbocycles. The van der Waals surface area contributed by atoms with Gasteiger partial charge in [-0.25, -0.2) is 0 Å². The number of carbonyl (C=O) groups is 2. The molecule has 156 valence electrons. The molecule has 0 fully saturated rings. The average molecular weight is 398 g/mol. The molecule has 0 aliphatic carbocycles. The fourth-order valence-electron chi connectivity index (χ4n) is 2.54. The van der Waals surface area contributed by atoms with Crippen molar-refractivity contribution in [3.05, 3.63) is 54.1 Å². The highest BCUT2D eigenvalue weighted by atomic mass is 16.5. The van der Waals surface area contributed by atoms with Gasteiger partial charge in [-0.05, 0) is 54.8 Å². The maximum absolute atomic E-state index is 12.2. The van der Waals surface area contributed by atoms with Crippen molar-refractivity contribution in [3.8, 4) is 5.75 Å². The fraction of sp³-hybridized carbons (Fsp3) is 0.391. The van der Waals surface area contributed by atoms with E-state index >= 15 is 0 Å². The average Bonchev–Trinajstić information content (AvgIpc) is 2.71. The summed E-state index contributed by atoms with van der Waals surface area (Å²) in [5, 5.41) is 8.77. The number of benzene rings is 2. The van der Waals surface area contributed by atoms with E-state index in [1.54, 1.807) is 24.3 Å². The van der Waals surface area contributed by atoms with Crippen LogP contribution < -0.4 is 20.7 Å². The molecule has 3 N–H and O–H groups in total. The molecule has 6 nitrogen and oxygen atoms in total. The lowest BCUT2D eigenvalue weighted by Crippen LogP contribution is -2.25. The monoisotopic (exact) mass is 397 g/mol. The van der Waals surface area contributed by atoms with E-state index in [-0.39, 0.29) is 18.4 Å². The lowest BCUT2D eigenvalue weighted by molar-refractivity contribution is -0.114. The summed E-state index contributed by atoms with van der Waals surface area (Å²) in [6, 6.07) is 14.5. The van der Waals surface area contributed by atoms with Gasteiger partial charge in [-0.15, -0.1) is 0 Å². The molecule has 0 heterocycles. The zero-order valence-corrected chi connectivity index (χ0v) is 17.5. The molecule has 0 unspecified atom stereocenters. The quantitative estimate of drug-likeness (QED) is 0.494. The van der Waals surface area contributed by atoms with Crippen molar-refractivity contribution < 1.29 is 14.3 Å². The van der Waals surface area contributed by atoms with Crippen LogP contribution >= 0.6 is 0 Å².